The molecule has 0 saturated carbocycles. The summed E-state index contributed by atoms with van der Waals surface area (Å²) in [5.41, 5.74) is 0. The zero-order valence-electron chi connectivity index (χ0n) is 13.7. The van der Waals surface area contributed by atoms with E-state index in [2.05, 4.69) is 71.5 Å². The second-order valence-electron chi connectivity index (χ2n) is 7.99. The third-order valence-electron chi connectivity index (χ3n) is 5.69. The minimum absolute atomic E-state index is 0.322. The Balaban J connectivity index is 1.91. The highest BCUT2D eigenvalue weighted by atomic mass is 127. The van der Waals surface area contributed by atoms with Crippen molar-refractivity contribution in [1.29, 1.82) is 0 Å². The Morgan fingerprint density at radius 2 is 2.05 bits per heavy atom. The molecule has 0 aromatic carbocycles. The Kier molecular flexibility index (Phi) is 5.42. The average Bonchev–Trinajstić information content (AvgIpc) is 2.36. The molecular formula is C16H30INOSi. The first-order valence-corrected chi connectivity index (χ1v) is 12.0. The maximum atomic E-state index is 6.46. The Morgan fingerprint density at radius 1 is 1.35 bits per heavy atom. The zero-order valence-corrected chi connectivity index (χ0v) is 16.8. The largest absolute Gasteiger partial charge is 0.415 e. The fraction of sp³-hybridized carbons (Fsp3) is 0.875. The lowest BCUT2D eigenvalue weighted by molar-refractivity contribution is -0.00388. The number of fused-ring (bicyclic) bond motifs is 3. The maximum absolute atomic E-state index is 6.46. The van der Waals surface area contributed by atoms with Gasteiger partial charge in [-0.15, -0.1) is 0 Å². The molecule has 0 N–H and O–H groups in total. The predicted octanol–water partition coefficient (Wildman–Crippen LogP) is 4.67. The Morgan fingerprint density at radius 3 is 2.55 bits per heavy atom. The van der Waals surface area contributed by atoms with Crippen molar-refractivity contribution < 1.29 is 4.43 Å². The van der Waals surface area contributed by atoms with E-state index in [1.165, 1.54) is 25.9 Å². The van der Waals surface area contributed by atoms with Crippen molar-refractivity contribution in [3.05, 3.63) is 10.2 Å². The van der Waals surface area contributed by atoms with Crippen LogP contribution in [-0.2, 0) is 4.43 Å². The minimum atomic E-state index is -1.59. The summed E-state index contributed by atoms with van der Waals surface area (Å²) >= 11 is 2.35. The second kappa shape index (κ2) is 6.38. The van der Waals surface area contributed by atoms with E-state index in [1.54, 1.807) is 0 Å². The summed E-state index contributed by atoms with van der Waals surface area (Å²) in [6.07, 6.45) is 5.12. The number of hydrogen-bond acceptors (Lipinski definition) is 2. The smallest absolute Gasteiger partial charge is 0.192 e. The van der Waals surface area contributed by atoms with Crippen molar-refractivity contribution in [2.45, 2.75) is 57.8 Å². The first kappa shape index (κ1) is 17.0. The van der Waals surface area contributed by atoms with Gasteiger partial charge in [0.25, 0.3) is 0 Å². The van der Waals surface area contributed by atoms with Crippen molar-refractivity contribution in [3.8, 4) is 0 Å². The molecule has 20 heavy (non-hydrogen) atoms. The van der Waals surface area contributed by atoms with Crippen LogP contribution in [0.4, 0.5) is 0 Å². The minimum Gasteiger partial charge on any atom is -0.415 e. The van der Waals surface area contributed by atoms with Crippen molar-refractivity contribution in [1.82, 2.24) is 4.90 Å². The van der Waals surface area contributed by atoms with E-state index in [-0.39, 0.29) is 0 Å². The SMILES string of the molecule is CC(C)(C)[Si](C)(C)OC[C@@H]1C[C@@H]2CCN1C[C@H]2/C=C/I. The molecule has 2 bridgehead atoms. The van der Waals surface area contributed by atoms with Crippen molar-refractivity contribution in [2.24, 2.45) is 11.8 Å². The molecule has 2 nitrogen and oxygen atoms in total. The summed E-state index contributed by atoms with van der Waals surface area (Å²) in [6.45, 7) is 15.2. The van der Waals surface area contributed by atoms with Crippen LogP contribution in [0.1, 0.15) is 33.6 Å². The summed E-state index contributed by atoms with van der Waals surface area (Å²) < 4.78 is 8.66. The Bertz CT molecular complexity index is 364. The van der Waals surface area contributed by atoms with Crippen LogP contribution in [0, 0.1) is 11.8 Å². The molecule has 3 saturated heterocycles. The summed E-state index contributed by atoms with van der Waals surface area (Å²) in [6, 6.07) is 0.668. The first-order valence-electron chi connectivity index (χ1n) is 7.89. The molecule has 3 fully saturated rings. The van der Waals surface area contributed by atoms with E-state index >= 15 is 0 Å². The number of piperidine rings is 3. The molecule has 4 heteroatoms. The fourth-order valence-corrected chi connectivity index (χ4v) is 4.76. The molecule has 0 radical (unpaired) electrons. The predicted molar refractivity (Wildman–Crippen MR) is 97.9 cm³/mol. The normalized spacial score (nSPS) is 34.9. The van der Waals surface area contributed by atoms with Gasteiger partial charge < -0.3 is 4.43 Å². The first-order chi connectivity index (χ1) is 9.24. The van der Waals surface area contributed by atoms with Crippen LogP contribution >= 0.6 is 22.6 Å². The fourth-order valence-electron chi connectivity index (χ4n) is 3.19. The second-order valence-corrected chi connectivity index (χ2v) is 13.5. The van der Waals surface area contributed by atoms with Gasteiger partial charge in [-0.2, -0.15) is 0 Å². The van der Waals surface area contributed by atoms with Gasteiger partial charge >= 0.3 is 0 Å². The Hall–Kier alpha value is 0.607. The number of halogens is 1. The van der Waals surface area contributed by atoms with Crippen LogP contribution in [0.2, 0.25) is 18.1 Å². The summed E-state index contributed by atoms with van der Waals surface area (Å²) in [4.78, 5) is 2.68. The highest BCUT2D eigenvalue weighted by Crippen LogP contribution is 2.40. The van der Waals surface area contributed by atoms with E-state index in [4.69, 9.17) is 4.43 Å². The lowest BCUT2D eigenvalue weighted by Gasteiger charge is -2.50. The van der Waals surface area contributed by atoms with E-state index in [0.717, 1.165) is 18.4 Å². The van der Waals surface area contributed by atoms with Crippen LogP contribution in [0.15, 0.2) is 10.2 Å². The van der Waals surface area contributed by atoms with Gasteiger partial charge in [0.15, 0.2) is 8.32 Å². The average molecular weight is 407 g/mol. The summed E-state index contributed by atoms with van der Waals surface area (Å²) in [7, 11) is -1.59. The summed E-state index contributed by atoms with van der Waals surface area (Å²) in [5, 5.41) is 0.322. The van der Waals surface area contributed by atoms with E-state index in [0.29, 0.717) is 11.1 Å². The van der Waals surface area contributed by atoms with Crippen LogP contribution < -0.4 is 0 Å². The summed E-state index contributed by atoms with van der Waals surface area (Å²) in [5.74, 6) is 1.67. The van der Waals surface area contributed by atoms with Gasteiger partial charge in [-0.05, 0) is 53.4 Å². The third kappa shape index (κ3) is 3.68. The van der Waals surface area contributed by atoms with Gasteiger partial charge in [-0.3, -0.25) is 4.90 Å². The third-order valence-corrected chi connectivity index (χ3v) is 10.6. The quantitative estimate of drug-likeness (QED) is 0.496. The van der Waals surface area contributed by atoms with Gasteiger partial charge in [0, 0.05) is 19.2 Å². The molecule has 0 spiro atoms. The van der Waals surface area contributed by atoms with Gasteiger partial charge in [-0.1, -0.05) is 49.4 Å². The number of rotatable bonds is 4. The van der Waals surface area contributed by atoms with Crippen molar-refractivity contribution in [2.75, 3.05) is 19.7 Å². The van der Waals surface area contributed by atoms with Crippen LogP contribution in [0.5, 0.6) is 0 Å². The lowest BCUT2D eigenvalue weighted by atomic mass is 9.76. The molecular weight excluding hydrogens is 377 g/mol. The lowest BCUT2D eigenvalue weighted by Crippen LogP contribution is -2.56. The van der Waals surface area contributed by atoms with E-state index in [1.807, 2.05) is 0 Å². The molecule has 0 aromatic heterocycles. The molecule has 3 rings (SSSR count). The maximum Gasteiger partial charge on any atom is 0.192 e. The van der Waals surface area contributed by atoms with E-state index in [9.17, 15) is 0 Å². The van der Waals surface area contributed by atoms with Gasteiger partial charge in [0.05, 0.1) is 0 Å². The molecule has 0 aliphatic carbocycles. The number of nitrogens with zero attached hydrogens (tertiary/aromatic N) is 1. The topological polar surface area (TPSA) is 12.5 Å². The number of hydrogen-bond donors (Lipinski definition) is 0. The highest BCUT2D eigenvalue weighted by Gasteiger charge is 2.42. The van der Waals surface area contributed by atoms with Crippen LogP contribution in [0.25, 0.3) is 0 Å². The van der Waals surface area contributed by atoms with Gasteiger partial charge in [-0.25, -0.2) is 0 Å². The molecule has 3 heterocycles. The van der Waals surface area contributed by atoms with Crippen LogP contribution in [-0.4, -0.2) is 39.0 Å². The van der Waals surface area contributed by atoms with Gasteiger partial charge in [0.1, 0.15) is 0 Å². The Labute approximate surface area is 139 Å². The molecule has 3 aliphatic rings. The molecule has 0 amide bonds. The molecule has 0 aromatic rings. The molecule has 4 atom stereocenters. The monoisotopic (exact) mass is 407 g/mol. The molecule has 3 aliphatic heterocycles. The van der Waals surface area contributed by atoms with E-state index < -0.39 is 8.32 Å². The molecule has 116 valence electrons. The standard InChI is InChI=1S/C16H30INOSi/c1-16(2,3)20(4,5)19-12-15-10-13-7-9-18(15)11-14(13)6-8-17/h6,8,13-15H,7,9-12H2,1-5H3/b8-6+/t13-,14+,15-/m0/s1. The van der Waals surface area contributed by atoms with Crippen LogP contribution in [0.3, 0.4) is 0 Å². The zero-order chi connectivity index (χ0) is 15.0. The molecule has 1 unspecified atom stereocenters. The van der Waals surface area contributed by atoms with Gasteiger partial charge in [0.2, 0.25) is 0 Å². The highest BCUT2D eigenvalue weighted by molar-refractivity contribution is 14.1. The van der Waals surface area contributed by atoms with Crippen molar-refractivity contribution in [3.63, 3.8) is 0 Å². The van der Waals surface area contributed by atoms with Crippen molar-refractivity contribution >= 4 is 30.9 Å².